The Morgan fingerprint density at radius 3 is 2.35 bits per heavy atom. The van der Waals surface area contributed by atoms with E-state index in [-0.39, 0.29) is 6.20 Å². The van der Waals surface area contributed by atoms with E-state index in [1.807, 2.05) is 0 Å². The van der Waals surface area contributed by atoms with Gasteiger partial charge >= 0.3 is 5.69 Å². The predicted octanol–water partition coefficient (Wildman–Crippen LogP) is 0.714. The van der Waals surface area contributed by atoms with Gasteiger partial charge in [-0.3, -0.25) is 10.1 Å². The molecule has 0 aromatic carbocycles. The van der Waals surface area contributed by atoms with Crippen molar-refractivity contribution in [3.05, 3.63) is 27.8 Å². The molecule has 0 saturated carbocycles. The fraction of sp³-hybridized carbons (Fsp3) is 0.167. The summed E-state index contributed by atoms with van der Waals surface area (Å²) in [6.45, 7) is 0. The van der Waals surface area contributed by atoms with Crippen molar-refractivity contribution < 1.29 is 26.5 Å². The minimum Gasteiger partial charge on any atom is -0.258 e. The highest BCUT2D eigenvalue weighted by molar-refractivity contribution is 7.89. The number of sulfonamides is 1. The fourth-order valence-corrected chi connectivity index (χ4v) is 1.80. The second-order valence-electron chi connectivity index (χ2n) is 2.77. The summed E-state index contributed by atoms with van der Waals surface area (Å²) in [4.78, 5) is 10.3. The molecule has 0 saturated heterocycles. The summed E-state index contributed by atoms with van der Waals surface area (Å²) in [5.74, 6) is -2.02. The maximum absolute atomic E-state index is 13.3. The van der Waals surface area contributed by atoms with Gasteiger partial charge in [0.1, 0.15) is 11.9 Å². The van der Waals surface area contributed by atoms with Crippen LogP contribution in [0.15, 0.2) is 11.1 Å². The molecule has 0 aliphatic carbocycles. The van der Waals surface area contributed by atoms with E-state index < -0.39 is 43.5 Å². The van der Waals surface area contributed by atoms with Crippen molar-refractivity contribution in [3.8, 4) is 0 Å². The van der Waals surface area contributed by atoms with Crippen LogP contribution in [-0.2, 0) is 10.0 Å². The Hall–Kier alpha value is -1.75. The first-order chi connectivity index (χ1) is 7.66. The van der Waals surface area contributed by atoms with Crippen LogP contribution in [0.25, 0.3) is 0 Å². The van der Waals surface area contributed by atoms with Gasteiger partial charge in [0.2, 0.25) is 10.0 Å². The van der Waals surface area contributed by atoms with Crippen molar-refractivity contribution in [3.63, 3.8) is 0 Å². The highest BCUT2D eigenvalue weighted by Crippen LogP contribution is 2.30. The molecule has 11 heteroatoms. The minimum absolute atomic E-state index is 0.213. The third-order valence-electron chi connectivity index (χ3n) is 1.67. The normalized spacial score (nSPS) is 11.8. The summed E-state index contributed by atoms with van der Waals surface area (Å²) >= 11 is 0. The molecule has 0 aliphatic heterocycles. The highest BCUT2D eigenvalue weighted by Gasteiger charge is 2.32. The molecule has 0 spiro atoms. The zero-order valence-corrected chi connectivity index (χ0v) is 8.62. The summed E-state index contributed by atoms with van der Waals surface area (Å²) in [6, 6.07) is 0. The van der Waals surface area contributed by atoms with Crippen molar-refractivity contribution in [1.29, 1.82) is 0 Å². The average Bonchev–Trinajstić information content (AvgIpc) is 2.14. The van der Waals surface area contributed by atoms with E-state index in [9.17, 15) is 31.7 Å². The molecule has 0 bridgehead atoms. The molecule has 0 unspecified atom stereocenters. The Bertz CT molecular complexity index is 574. The van der Waals surface area contributed by atoms with Gasteiger partial charge in [0.05, 0.1) is 4.92 Å². The van der Waals surface area contributed by atoms with E-state index in [1.54, 1.807) is 0 Å². The van der Waals surface area contributed by atoms with Gasteiger partial charge in [-0.25, -0.2) is 31.7 Å². The van der Waals surface area contributed by atoms with E-state index in [4.69, 9.17) is 0 Å². The van der Waals surface area contributed by atoms with Crippen LogP contribution in [0.5, 0.6) is 0 Å². The lowest BCUT2D eigenvalue weighted by atomic mass is 10.3. The molecule has 94 valence electrons. The number of hydrogen-bond acceptors (Lipinski definition) is 5. The monoisotopic (exact) mass is 271 g/mol. The summed E-state index contributed by atoms with van der Waals surface area (Å²) in [5, 5.41) is 14.9. The Labute approximate surface area is 92.3 Å². The SMILES string of the molecule is NS(=O)(=O)c1c([N+](=O)[O-])cnc(C(F)F)c1F. The first-order valence-electron chi connectivity index (χ1n) is 3.80. The van der Waals surface area contributed by atoms with Gasteiger partial charge < -0.3 is 0 Å². The molecular weight excluding hydrogens is 267 g/mol. The predicted molar refractivity (Wildman–Crippen MR) is 47.2 cm³/mol. The summed E-state index contributed by atoms with van der Waals surface area (Å²) in [5.41, 5.74) is -2.81. The third kappa shape index (κ3) is 2.50. The number of rotatable bonds is 3. The molecule has 0 atom stereocenters. The molecule has 0 aliphatic rings. The van der Waals surface area contributed by atoms with Gasteiger partial charge in [-0.1, -0.05) is 0 Å². The number of nitro groups is 1. The van der Waals surface area contributed by atoms with Crippen LogP contribution in [0, 0.1) is 15.9 Å². The lowest BCUT2D eigenvalue weighted by Crippen LogP contribution is -2.18. The highest BCUT2D eigenvalue weighted by atomic mass is 32.2. The summed E-state index contributed by atoms with van der Waals surface area (Å²) in [6.07, 6.45) is -3.21. The topological polar surface area (TPSA) is 116 Å². The van der Waals surface area contributed by atoms with Crippen molar-refractivity contribution in [1.82, 2.24) is 4.98 Å². The molecule has 0 amide bonds. The molecule has 1 rings (SSSR count). The number of primary sulfonamides is 1. The third-order valence-corrected chi connectivity index (χ3v) is 2.63. The van der Waals surface area contributed by atoms with Crippen molar-refractivity contribution in [2.24, 2.45) is 5.14 Å². The Balaban J connectivity index is 3.72. The number of hydrogen-bond donors (Lipinski definition) is 1. The Morgan fingerprint density at radius 1 is 1.47 bits per heavy atom. The lowest BCUT2D eigenvalue weighted by Gasteiger charge is -2.05. The zero-order valence-electron chi connectivity index (χ0n) is 7.80. The van der Waals surface area contributed by atoms with E-state index in [0.717, 1.165) is 0 Å². The van der Waals surface area contributed by atoms with Gasteiger partial charge in [0.25, 0.3) is 6.43 Å². The van der Waals surface area contributed by atoms with Crippen LogP contribution >= 0.6 is 0 Å². The molecular formula is C6H4F3N3O4S. The average molecular weight is 271 g/mol. The fourth-order valence-electron chi connectivity index (χ4n) is 1.03. The van der Waals surface area contributed by atoms with Crippen LogP contribution in [-0.4, -0.2) is 18.3 Å². The second kappa shape index (κ2) is 4.25. The van der Waals surface area contributed by atoms with Gasteiger partial charge in [0, 0.05) is 0 Å². The molecule has 1 aromatic rings. The van der Waals surface area contributed by atoms with Gasteiger partial charge in [-0.15, -0.1) is 0 Å². The van der Waals surface area contributed by atoms with Gasteiger partial charge in [0.15, 0.2) is 10.7 Å². The number of nitrogens with zero attached hydrogens (tertiary/aromatic N) is 2. The molecule has 7 nitrogen and oxygen atoms in total. The molecule has 2 N–H and O–H groups in total. The molecule has 0 fully saturated rings. The van der Waals surface area contributed by atoms with E-state index in [2.05, 4.69) is 10.1 Å². The van der Waals surface area contributed by atoms with E-state index in [1.165, 1.54) is 0 Å². The number of aromatic nitrogens is 1. The largest absolute Gasteiger partial charge is 0.310 e. The van der Waals surface area contributed by atoms with Gasteiger partial charge in [-0.2, -0.15) is 0 Å². The Morgan fingerprint density at radius 2 is 2.00 bits per heavy atom. The quantitative estimate of drug-likeness (QED) is 0.642. The molecule has 1 aromatic heterocycles. The van der Waals surface area contributed by atoms with Crippen LogP contribution in [0.3, 0.4) is 0 Å². The van der Waals surface area contributed by atoms with Crippen LogP contribution in [0.4, 0.5) is 18.9 Å². The van der Waals surface area contributed by atoms with Crippen LogP contribution < -0.4 is 5.14 Å². The van der Waals surface area contributed by atoms with Crippen molar-refractivity contribution in [2.45, 2.75) is 11.3 Å². The Kier molecular flexibility index (Phi) is 3.33. The van der Waals surface area contributed by atoms with Crippen molar-refractivity contribution in [2.75, 3.05) is 0 Å². The molecule has 0 radical (unpaired) electrons. The summed E-state index contributed by atoms with van der Waals surface area (Å²) in [7, 11) is -4.86. The smallest absolute Gasteiger partial charge is 0.258 e. The molecule has 1 heterocycles. The lowest BCUT2D eigenvalue weighted by molar-refractivity contribution is -0.388. The second-order valence-corrected chi connectivity index (χ2v) is 4.27. The van der Waals surface area contributed by atoms with E-state index in [0.29, 0.717) is 0 Å². The van der Waals surface area contributed by atoms with Crippen LogP contribution in [0.2, 0.25) is 0 Å². The van der Waals surface area contributed by atoms with Gasteiger partial charge in [-0.05, 0) is 0 Å². The van der Waals surface area contributed by atoms with Crippen molar-refractivity contribution >= 4 is 15.7 Å². The first-order valence-corrected chi connectivity index (χ1v) is 5.34. The number of nitrogens with two attached hydrogens (primary N) is 1. The maximum Gasteiger partial charge on any atom is 0.310 e. The number of halogens is 3. The number of alkyl halides is 2. The molecule has 17 heavy (non-hydrogen) atoms. The number of pyridine rings is 1. The summed E-state index contributed by atoms with van der Waals surface area (Å²) < 4.78 is 59.6. The minimum atomic E-state index is -4.86. The standard InChI is InChI=1S/C6H4F3N3O4S/c7-3-4(6(8)9)11-1-2(12(13)14)5(3)17(10,15)16/h1,6H,(H2,10,15,16). The van der Waals surface area contributed by atoms with E-state index >= 15 is 0 Å². The van der Waals surface area contributed by atoms with Crippen LogP contribution in [0.1, 0.15) is 12.1 Å². The first kappa shape index (κ1) is 13.3. The zero-order chi connectivity index (χ0) is 13.4. The maximum atomic E-state index is 13.3.